The molecule has 2 N–H and O–H groups in total. The Bertz CT molecular complexity index is 555. The summed E-state index contributed by atoms with van der Waals surface area (Å²) in [5.41, 5.74) is 0. The molecule has 23 heavy (non-hydrogen) atoms. The van der Waals surface area contributed by atoms with Crippen molar-refractivity contribution in [2.24, 2.45) is 5.92 Å². The van der Waals surface area contributed by atoms with Gasteiger partial charge in [0.25, 0.3) is 0 Å². The zero-order chi connectivity index (χ0) is 16.7. The van der Waals surface area contributed by atoms with Crippen molar-refractivity contribution in [2.45, 2.75) is 49.5 Å². The number of hydrogen-bond donors (Lipinski definition) is 2. The van der Waals surface area contributed by atoms with E-state index in [2.05, 4.69) is 5.32 Å². The SMILES string of the molecule is O=C(CC1CCCC1)N[C@@H](CC[S@](=O)c1ccccc1)C(=O)O. The monoisotopic (exact) mass is 337 g/mol. The van der Waals surface area contributed by atoms with Crippen LogP contribution in [0.5, 0.6) is 0 Å². The Morgan fingerprint density at radius 2 is 1.87 bits per heavy atom. The van der Waals surface area contributed by atoms with Crippen LogP contribution in [-0.2, 0) is 20.4 Å². The van der Waals surface area contributed by atoms with E-state index in [4.69, 9.17) is 0 Å². The second kappa shape index (κ2) is 8.82. The van der Waals surface area contributed by atoms with Crippen LogP contribution < -0.4 is 5.32 Å². The first-order chi connectivity index (χ1) is 11.1. The lowest BCUT2D eigenvalue weighted by Crippen LogP contribution is -2.42. The van der Waals surface area contributed by atoms with Crippen molar-refractivity contribution in [1.29, 1.82) is 0 Å². The van der Waals surface area contributed by atoms with E-state index in [1.807, 2.05) is 6.07 Å². The van der Waals surface area contributed by atoms with Gasteiger partial charge in [0.2, 0.25) is 5.91 Å². The molecule has 0 spiro atoms. The van der Waals surface area contributed by atoms with Crippen LogP contribution in [0.4, 0.5) is 0 Å². The average molecular weight is 337 g/mol. The molecule has 1 fully saturated rings. The lowest BCUT2D eigenvalue weighted by molar-refractivity contribution is -0.142. The van der Waals surface area contributed by atoms with E-state index in [1.165, 1.54) is 0 Å². The predicted octanol–water partition coefficient (Wildman–Crippen LogP) is 2.33. The molecule has 0 aromatic heterocycles. The summed E-state index contributed by atoms with van der Waals surface area (Å²) >= 11 is 0. The molecule has 6 heteroatoms. The van der Waals surface area contributed by atoms with Crippen molar-refractivity contribution >= 4 is 22.7 Å². The maximum atomic E-state index is 12.1. The molecule has 2 rings (SSSR count). The Labute approximate surface area is 138 Å². The molecule has 1 aliphatic rings. The fraction of sp³-hybridized carbons (Fsp3) is 0.529. The lowest BCUT2D eigenvalue weighted by atomic mass is 10.0. The number of benzene rings is 1. The topological polar surface area (TPSA) is 83.5 Å². The smallest absolute Gasteiger partial charge is 0.326 e. The zero-order valence-corrected chi connectivity index (χ0v) is 13.9. The summed E-state index contributed by atoms with van der Waals surface area (Å²) in [5, 5.41) is 11.8. The molecule has 0 saturated heterocycles. The molecule has 0 heterocycles. The molecule has 1 aromatic carbocycles. The highest BCUT2D eigenvalue weighted by molar-refractivity contribution is 7.85. The minimum Gasteiger partial charge on any atom is -0.480 e. The number of nitrogens with one attached hydrogen (secondary N) is 1. The van der Waals surface area contributed by atoms with Crippen molar-refractivity contribution < 1.29 is 18.9 Å². The van der Waals surface area contributed by atoms with Gasteiger partial charge in [-0.3, -0.25) is 9.00 Å². The highest BCUT2D eigenvalue weighted by atomic mass is 32.2. The average Bonchev–Trinajstić information content (AvgIpc) is 3.04. The van der Waals surface area contributed by atoms with Gasteiger partial charge >= 0.3 is 5.97 Å². The Morgan fingerprint density at radius 1 is 1.22 bits per heavy atom. The molecular formula is C17H23NO4S. The van der Waals surface area contributed by atoms with Crippen LogP contribution in [0, 0.1) is 5.92 Å². The van der Waals surface area contributed by atoms with Gasteiger partial charge in [0, 0.05) is 17.1 Å². The van der Waals surface area contributed by atoms with Crippen LogP contribution in [-0.4, -0.2) is 33.0 Å². The Hall–Kier alpha value is -1.69. The van der Waals surface area contributed by atoms with Gasteiger partial charge in [0.1, 0.15) is 6.04 Å². The van der Waals surface area contributed by atoms with Gasteiger partial charge in [-0.2, -0.15) is 0 Å². The van der Waals surface area contributed by atoms with E-state index in [-0.39, 0.29) is 18.1 Å². The fourth-order valence-corrected chi connectivity index (χ4v) is 4.05. The van der Waals surface area contributed by atoms with Crippen molar-refractivity contribution in [1.82, 2.24) is 5.32 Å². The van der Waals surface area contributed by atoms with E-state index < -0.39 is 22.8 Å². The second-order valence-electron chi connectivity index (χ2n) is 5.96. The largest absolute Gasteiger partial charge is 0.480 e. The third kappa shape index (κ3) is 5.78. The minimum absolute atomic E-state index is 0.160. The number of hydrogen-bond acceptors (Lipinski definition) is 3. The molecule has 126 valence electrons. The first kappa shape index (κ1) is 17.7. The van der Waals surface area contributed by atoms with Crippen molar-refractivity contribution in [2.75, 3.05) is 5.75 Å². The van der Waals surface area contributed by atoms with Crippen LogP contribution in [0.3, 0.4) is 0 Å². The molecular weight excluding hydrogens is 314 g/mol. The van der Waals surface area contributed by atoms with Gasteiger partial charge in [-0.15, -0.1) is 0 Å². The second-order valence-corrected chi connectivity index (χ2v) is 7.54. The summed E-state index contributed by atoms with van der Waals surface area (Å²) in [7, 11) is -1.25. The minimum atomic E-state index is -1.25. The normalized spacial score (nSPS) is 17.6. The highest BCUT2D eigenvalue weighted by Crippen LogP contribution is 2.27. The van der Waals surface area contributed by atoms with E-state index in [9.17, 15) is 18.9 Å². The number of carbonyl (C=O) groups is 2. The molecule has 1 aliphatic carbocycles. The summed E-state index contributed by atoms with van der Waals surface area (Å²) in [6.45, 7) is 0. The van der Waals surface area contributed by atoms with E-state index in [0.29, 0.717) is 17.2 Å². The molecule has 5 nitrogen and oxygen atoms in total. The van der Waals surface area contributed by atoms with Gasteiger partial charge in [-0.1, -0.05) is 31.0 Å². The van der Waals surface area contributed by atoms with Crippen molar-refractivity contribution in [3.63, 3.8) is 0 Å². The molecule has 0 unspecified atom stereocenters. The standard InChI is InChI=1S/C17H23NO4S/c19-16(12-13-6-4-5-7-13)18-15(17(20)21)10-11-23(22)14-8-2-1-3-9-14/h1-3,8-9,13,15H,4-7,10-12H2,(H,18,19)(H,20,21)/t15-,23-/m0/s1. The molecule has 0 bridgehead atoms. The third-order valence-corrected chi connectivity index (χ3v) is 5.58. The quantitative estimate of drug-likeness (QED) is 0.762. The number of aliphatic carboxylic acids is 1. The first-order valence-electron chi connectivity index (χ1n) is 8.02. The predicted molar refractivity (Wildman–Crippen MR) is 88.5 cm³/mol. The van der Waals surface area contributed by atoms with E-state index in [0.717, 1.165) is 25.7 Å². The van der Waals surface area contributed by atoms with Crippen molar-refractivity contribution in [3.05, 3.63) is 30.3 Å². The van der Waals surface area contributed by atoms with Gasteiger partial charge in [-0.05, 0) is 37.3 Å². The van der Waals surface area contributed by atoms with Crippen molar-refractivity contribution in [3.8, 4) is 0 Å². The maximum absolute atomic E-state index is 12.1. The summed E-state index contributed by atoms with van der Waals surface area (Å²) in [6, 6.07) is 7.96. The third-order valence-electron chi connectivity index (χ3n) is 4.18. The highest BCUT2D eigenvalue weighted by Gasteiger charge is 2.24. The van der Waals surface area contributed by atoms with Crippen LogP contribution >= 0.6 is 0 Å². The molecule has 1 amide bonds. The number of carboxylic acid groups (broad SMARTS) is 1. The van der Waals surface area contributed by atoms with Gasteiger partial charge < -0.3 is 10.4 Å². The number of carboxylic acids is 1. The Morgan fingerprint density at radius 3 is 2.48 bits per heavy atom. The van der Waals surface area contributed by atoms with Gasteiger partial charge in [0.05, 0.1) is 10.8 Å². The van der Waals surface area contributed by atoms with E-state index >= 15 is 0 Å². The number of amides is 1. The molecule has 0 radical (unpaired) electrons. The lowest BCUT2D eigenvalue weighted by Gasteiger charge is -2.16. The Balaban J connectivity index is 1.82. The fourth-order valence-electron chi connectivity index (χ4n) is 2.90. The maximum Gasteiger partial charge on any atom is 0.326 e. The Kier molecular flexibility index (Phi) is 6.77. The van der Waals surface area contributed by atoms with Crippen LogP contribution in [0.2, 0.25) is 0 Å². The van der Waals surface area contributed by atoms with Crippen LogP contribution in [0.25, 0.3) is 0 Å². The summed E-state index contributed by atoms with van der Waals surface area (Å²) in [5.74, 6) is -0.697. The number of rotatable bonds is 8. The number of carbonyl (C=O) groups excluding carboxylic acids is 1. The molecule has 1 aromatic rings. The molecule has 0 aliphatic heterocycles. The van der Waals surface area contributed by atoms with Crippen LogP contribution in [0.1, 0.15) is 38.5 Å². The zero-order valence-electron chi connectivity index (χ0n) is 13.1. The first-order valence-corrected chi connectivity index (χ1v) is 9.33. The van der Waals surface area contributed by atoms with E-state index in [1.54, 1.807) is 24.3 Å². The van der Waals surface area contributed by atoms with Gasteiger partial charge in [0.15, 0.2) is 0 Å². The molecule has 2 atom stereocenters. The summed E-state index contributed by atoms with van der Waals surface area (Å²) in [4.78, 5) is 24.0. The van der Waals surface area contributed by atoms with Crippen LogP contribution in [0.15, 0.2) is 35.2 Å². The molecule has 1 saturated carbocycles. The van der Waals surface area contributed by atoms with Gasteiger partial charge in [-0.25, -0.2) is 4.79 Å². The summed E-state index contributed by atoms with van der Waals surface area (Å²) < 4.78 is 12.1. The summed E-state index contributed by atoms with van der Waals surface area (Å²) in [6.07, 6.45) is 4.94.